The summed E-state index contributed by atoms with van der Waals surface area (Å²) in [5.74, 6) is -1.29. The van der Waals surface area contributed by atoms with E-state index in [1.807, 2.05) is 6.92 Å². The van der Waals surface area contributed by atoms with E-state index in [4.69, 9.17) is 18.6 Å². The van der Waals surface area contributed by atoms with Crippen molar-refractivity contribution in [2.75, 3.05) is 26.4 Å². The summed E-state index contributed by atoms with van der Waals surface area (Å²) in [6, 6.07) is -0.976. The molecule has 0 saturated carbocycles. The van der Waals surface area contributed by atoms with Gasteiger partial charge in [0.2, 0.25) is 5.91 Å². The molecule has 2 aliphatic rings. The molecule has 2 aliphatic heterocycles. The first-order chi connectivity index (χ1) is 19.2. The molecule has 41 heavy (non-hydrogen) atoms. The molecule has 1 unspecified atom stereocenters. The van der Waals surface area contributed by atoms with Crippen LogP contribution < -0.4 is 10.6 Å². The second-order valence-electron chi connectivity index (χ2n) is 11.6. The minimum atomic E-state index is -2.16. The van der Waals surface area contributed by atoms with Gasteiger partial charge >= 0.3 is 18.2 Å². The van der Waals surface area contributed by atoms with Crippen LogP contribution in [0.2, 0.25) is 18.1 Å². The Labute approximate surface area is 244 Å². The molecule has 0 spiro atoms. The van der Waals surface area contributed by atoms with Crippen LogP contribution in [0.3, 0.4) is 0 Å². The van der Waals surface area contributed by atoms with Crippen molar-refractivity contribution in [2.45, 2.75) is 76.9 Å². The summed E-state index contributed by atoms with van der Waals surface area (Å²) in [6.45, 7) is 23.2. The van der Waals surface area contributed by atoms with Gasteiger partial charge in [-0.1, -0.05) is 58.7 Å². The molecule has 0 aromatic heterocycles. The maximum atomic E-state index is 13.5. The van der Waals surface area contributed by atoms with Gasteiger partial charge in [-0.25, -0.2) is 14.4 Å². The molecule has 0 radical (unpaired) electrons. The fraction of sp³-hybridized carbons (Fsp3) is 0.586. The van der Waals surface area contributed by atoms with Crippen LogP contribution in [0.4, 0.5) is 9.59 Å². The van der Waals surface area contributed by atoms with E-state index < -0.39 is 38.4 Å². The van der Waals surface area contributed by atoms with Crippen molar-refractivity contribution in [3.63, 3.8) is 0 Å². The number of carbonyl (C=O) groups is 4. The van der Waals surface area contributed by atoms with E-state index in [0.29, 0.717) is 12.0 Å². The van der Waals surface area contributed by atoms with Gasteiger partial charge in [-0.2, -0.15) is 0 Å². The van der Waals surface area contributed by atoms with Gasteiger partial charge in [-0.05, 0) is 43.5 Å². The third-order valence-corrected chi connectivity index (χ3v) is 12.2. The number of nitrogens with one attached hydrogen (secondary N) is 2. The van der Waals surface area contributed by atoms with Gasteiger partial charge in [0.05, 0.1) is 24.1 Å². The number of fused-ring (bicyclic) bond motifs is 1. The van der Waals surface area contributed by atoms with Gasteiger partial charge in [0, 0.05) is 6.54 Å². The summed E-state index contributed by atoms with van der Waals surface area (Å²) in [7, 11) is -2.16. The normalized spacial score (nSPS) is 19.8. The molecule has 228 valence electrons. The molecular weight excluding hydrogens is 546 g/mol. The standard InChI is InChI=1S/C29H45N3O8Si/c1-10-13-37-26(34)24-20(16-21(31-28(36)39-15-12-3)18-30-27(35)38-14-11-2)17-22-23(25(33)32(22)24)19(4)40-41(8,9)29(5,6)7/h10-12,19,21-23H,1-3,13-18H2,4-9H3,(H,30,35)(H,31,36)/t19-,21?,22-,23-/m1/s1. The van der Waals surface area contributed by atoms with Crippen molar-refractivity contribution in [3.8, 4) is 0 Å². The van der Waals surface area contributed by atoms with E-state index in [1.54, 1.807) is 0 Å². The lowest BCUT2D eigenvalue weighted by atomic mass is 9.82. The Kier molecular flexibility index (Phi) is 12.0. The highest BCUT2D eigenvalue weighted by atomic mass is 28.4. The third kappa shape index (κ3) is 8.56. The monoisotopic (exact) mass is 591 g/mol. The molecule has 2 N–H and O–H groups in total. The summed E-state index contributed by atoms with van der Waals surface area (Å²) in [5.41, 5.74) is 0.771. The minimum absolute atomic E-state index is 0.00661. The average Bonchev–Trinajstić information content (AvgIpc) is 3.20. The molecule has 1 saturated heterocycles. The molecule has 11 nitrogen and oxygen atoms in total. The van der Waals surface area contributed by atoms with Gasteiger partial charge in [0.15, 0.2) is 8.32 Å². The van der Waals surface area contributed by atoms with Crippen molar-refractivity contribution >= 4 is 32.4 Å². The highest BCUT2D eigenvalue weighted by Crippen LogP contribution is 2.47. The van der Waals surface area contributed by atoms with Crippen LogP contribution in [0.5, 0.6) is 0 Å². The van der Waals surface area contributed by atoms with Crippen LogP contribution in [0, 0.1) is 5.92 Å². The Morgan fingerprint density at radius 3 is 2.15 bits per heavy atom. The Morgan fingerprint density at radius 2 is 1.59 bits per heavy atom. The fourth-order valence-corrected chi connectivity index (χ4v) is 6.07. The number of nitrogens with zero attached hydrogens (tertiary/aromatic N) is 1. The molecule has 1 fully saturated rings. The van der Waals surface area contributed by atoms with E-state index in [1.165, 1.54) is 23.1 Å². The maximum Gasteiger partial charge on any atom is 0.407 e. The van der Waals surface area contributed by atoms with Crippen molar-refractivity contribution in [2.24, 2.45) is 5.92 Å². The lowest BCUT2D eigenvalue weighted by Crippen LogP contribution is -2.63. The highest BCUT2D eigenvalue weighted by Gasteiger charge is 2.58. The number of hydrogen-bond acceptors (Lipinski definition) is 8. The van der Waals surface area contributed by atoms with Gasteiger partial charge in [0.1, 0.15) is 25.5 Å². The number of esters is 1. The van der Waals surface area contributed by atoms with Crippen molar-refractivity contribution in [1.29, 1.82) is 0 Å². The zero-order valence-corrected chi connectivity index (χ0v) is 26.1. The van der Waals surface area contributed by atoms with Gasteiger partial charge in [0.25, 0.3) is 0 Å². The summed E-state index contributed by atoms with van der Waals surface area (Å²) < 4.78 is 21.9. The molecule has 0 aliphatic carbocycles. The predicted octanol–water partition coefficient (Wildman–Crippen LogP) is 4.19. The van der Waals surface area contributed by atoms with Crippen molar-refractivity contribution in [1.82, 2.24) is 15.5 Å². The summed E-state index contributed by atoms with van der Waals surface area (Å²) in [5, 5.41) is 5.27. The fourth-order valence-electron chi connectivity index (χ4n) is 4.64. The second kappa shape index (κ2) is 14.5. The summed E-state index contributed by atoms with van der Waals surface area (Å²) >= 11 is 0. The van der Waals surface area contributed by atoms with Crippen LogP contribution >= 0.6 is 0 Å². The lowest BCUT2D eigenvalue weighted by molar-refractivity contribution is -0.161. The molecule has 0 aromatic carbocycles. The van der Waals surface area contributed by atoms with Crippen LogP contribution in [-0.2, 0) is 28.2 Å². The Bertz CT molecular complexity index is 1060. The molecule has 4 atom stereocenters. The first-order valence-electron chi connectivity index (χ1n) is 13.7. The van der Waals surface area contributed by atoms with Gasteiger partial charge in [-0.15, -0.1) is 0 Å². The first-order valence-corrected chi connectivity index (χ1v) is 16.7. The minimum Gasteiger partial charge on any atom is -0.457 e. The van der Waals surface area contributed by atoms with Crippen LogP contribution in [0.1, 0.15) is 40.5 Å². The zero-order chi connectivity index (χ0) is 31.0. The van der Waals surface area contributed by atoms with Crippen molar-refractivity contribution in [3.05, 3.63) is 49.2 Å². The van der Waals surface area contributed by atoms with Gasteiger partial charge < -0.3 is 34.2 Å². The zero-order valence-electron chi connectivity index (χ0n) is 25.1. The molecule has 12 heteroatoms. The van der Waals surface area contributed by atoms with E-state index in [0.717, 1.165) is 0 Å². The van der Waals surface area contributed by atoms with E-state index in [-0.39, 0.29) is 61.6 Å². The molecule has 2 rings (SSSR count). The maximum absolute atomic E-state index is 13.5. The number of ether oxygens (including phenoxy) is 3. The van der Waals surface area contributed by atoms with Gasteiger partial charge in [-0.3, -0.25) is 4.79 Å². The molecule has 2 heterocycles. The summed E-state index contributed by atoms with van der Waals surface area (Å²) in [6.07, 6.45) is 3.07. The topological polar surface area (TPSA) is 132 Å². The number of alkyl carbamates (subject to hydrolysis) is 2. The largest absolute Gasteiger partial charge is 0.457 e. The van der Waals surface area contributed by atoms with Crippen LogP contribution in [0.25, 0.3) is 0 Å². The summed E-state index contributed by atoms with van der Waals surface area (Å²) in [4.78, 5) is 52.5. The van der Waals surface area contributed by atoms with Crippen LogP contribution in [-0.4, -0.2) is 81.8 Å². The Balaban J connectivity index is 2.31. The number of hydrogen-bond donors (Lipinski definition) is 2. The Morgan fingerprint density at radius 1 is 1.02 bits per heavy atom. The highest BCUT2D eigenvalue weighted by molar-refractivity contribution is 6.74. The Hall–Kier alpha value is -3.38. The van der Waals surface area contributed by atoms with Crippen molar-refractivity contribution < 1.29 is 37.8 Å². The number of β-lactam (4-membered cyclic amide) rings is 1. The number of amides is 3. The average molecular weight is 592 g/mol. The molecule has 0 bridgehead atoms. The van der Waals surface area contributed by atoms with E-state index >= 15 is 0 Å². The SMILES string of the molecule is C=CCOC(=O)NCC(CC1=C(C(=O)OCC=C)N2C(=O)[C@H]([C@@H](C)O[Si](C)(C)C(C)(C)C)[C@H]2C1)NC(=O)OCC=C. The molecule has 3 amide bonds. The van der Waals surface area contributed by atoms with E-state index in [2.05, 4.69) is 64.2 Å². The smallest absolute Gasteiger partial charge is 0.407 e. The predicted molar refractivity (Wildman–Crippen MR) is 157 cm³/mol. The second-order valence-corrected chi connectivity index (χ2v) is 16.4. The quantitative estimate of drug-likeness (QED) is 0.0953. The lowest BCUT2D eigenvalue weighted by Gasteiger charge is -2.49. The molecule has 0 aromatic rings. The third-order valence-electron chi connectivity index (χ3n) is 7.59. The first kappa shape index (κ1) is 33.8. The number of carbonyl (C=O) groups excluding carboxylic acids is 4. The molecular formula is C29H45N3O8Si. The van der Waals surface area contributed by atoms with Crippen LogP contribution in [0.15, 0.2) is 49.2 Å². The van der Waals surface area contributed by atoms with E-state index in [9.17, 15) is 19.2 Å². The number of rotatable bonds is 15.